The largest absolute Gasteiger partial charge is 0.398 e. The number of nitrogens with two attached hydrogens (primary N) is 1. The molecule has 0 aliphatic carbocycles. The molecular weight excluding hydrogens is 441 g/mol. The Balaban J connectivity index is 0.00000216. The van der Waals surface area contributed by atoms with Crippen molar-refractivity contribution >= 4 is 34.1 Å². The molecule has 1 aromatic carbocycles. The molecule has 5 nitrogen and oxygen atoms in total. The second-order valence-electron chi connectivity index (χ2n) is 7.53. The van der Waals surface area contributed by atoms with Gasteiger partial charge in [0.15, 0.2) is 0 Å². The van der Waals surface area contributed by atoms with E-state index in [4.69, 9.17) is 15.7 Å². The van der Waals surface area contributed by atoms with Gasteiger partial charge in [-0.25, -0.2) is 20.0 Å². The van der Waals surface area contributed by atoms with E-state index in [1.165, 1.54) is 0 Å². The molecule has 32 heavy (non-hydrogen) atoms. The fraction of sp³-hybridized carbons (Fsp3) is 0. The van der Waals surface area contributed by atoms with E-state index in [9.17, 15) is 0 Å². The van der Waals surface area contributed by atoms with Crippen molar-refractivity contribution in [2.24, 2.45) is 20.0 Å². The third-order valence-electron chi connectivity index (χ3n) is 5.29. The van der Waals surface area contributed by atoms with Gasteiger partial charge in [-0.05, 0) is 72.9 Å². The Hall–Kier alpha value is -3.89. The molecule has 0 radical (unpaired) electrons. The van der Waals surface area contributed by atoms with Crippen LogP contribution in [-0.4, -0.2) is 22.8 Å². The van der Waals surface area contributed by atoms with Crippen molar-refractivity contribution in [1.82, 2.24) is 0 Å². The number of nitrogen functional groups attached to an aromatic ring is 1. The van der Waals surface area contributed by atoms with Crippen molar-refractivity contribution in [1.29, 1.82) is 0 Å². The maximum atomic E-state index is 6.27. The maximum absolute atomic E-state index is 6.27. The van der Waals surface area contributed by atoms with E-state index >= 15 is 0 Å². The quantitative estimate of drug-likeness (QED) is 0.482. The molecule has 2 N–H and O–H groups in total. The van der Waals surface area contributed by atoms with Gasteiger partial charge in [-0.15, -0.1) is 0 Å². The molecule has 0 amide bonds. The molecule has 1 aromatic rings. The Morgan fingerprint density at radius 2 is 1.06 bits per heavy atom. The van der Waals surface area contributed by atoms with Gasteiger partial charge in [-0.3, -0.25) is 0 Å². The smallest absolute Gasteiger partial charge is 0.0738 e. The molecule has 8 bridgehead atoms. The number of benzene rings is 1. The molecule has 0 fully saturated rings. The normalized spacial score (nSPS) is 19.8. The molecule has 5 aliphatic heterocycles. The number of hydrogen-bond acceptors (Lipinski definition) is 5. The van der Waals surface area contributed by atoms with E-state index in [1.54, 1.807) is 0 Å². The summed E-state index contributed by atoms with van der Waals surface area (Å²) in [5, 5.41) is 0. The number of aliphatic imine (C=N–C) groups is 4. The molecule has 5 aliphatic rings. The first-order valence-electron chi connectivity index (χ1n) is 10.0. The summed E-state index contributed by atoms with van der Waals surface area (Å²) in [6.45, 7) is 0. The topological polar surface area (TPSA) is 75.5 Å². The van der Waals surface area contributed by atoms with E-state index in [1.807, 2.05) is 91.1 Å². The summed E-state index contributed by atoms with van der Waals surface area (Å²) in [6.07, 6.45) is 21.9. The van der Waals surface area contributed by atoms with Gasteiger partial charge in [0.05, 0.1) is 45.6 Å². The van der Waals surface area contributed by atoms with Gasteiger partial charge in [0, 0.05) is 33.3 Å². The number of nitrogens with zero attached hydrogens (tertiary/aromatic N) is 4. The second kappa shape index (κ2) is 7.99. The number of para-hydroxylation sites is 1. The van der Waals surface area contributed by atoms with E-state index in [0.29, 0.717) is 5.69 Å². The van der Waals surface area contributed by atoms with Gasteiger partial charge in [-0.1, -0.05) is 18.2 Å². The molecule has 0 saturated carbocycles. The fourth-order valence-corrected chi connectivity index (χ4v) is 3.86. The Labute approximate surface area is 195 Å². The summed E-state index contributed by atoms with van der Waals surface area (Å²) in [4.78, 5) is 18.9. The first-order chi connectivity index (χ1) is 15.2. The van der Waals surface area contributed by atoms with Crippen LogP contribution in [0.3, 0.4) is 0 Å². The molecule has 0 atom stereocenters. The summed E-state index contributed by atoms with van der Waals surface area (Å²) >= 11 is 0. The van der Waals surface area contributed by atoms with Crippen LogP contribution in [0.4, 0.5) is 5.69 Å². The van der Waals surface area contributed by atoms with Crippen LogP contribution in [0, 0.1) is 0 Å². The predicted molar refractivity (Wildman–Crippen MR) is 128 cm³/mol. The summed E-state index contributed by atoms with van der Waals surface area (Å²) in [5.74, 6) is 0. The summed E-state index contributed by atoms with van der Waals surface area (Å²) in [6, 6.07) is 7.83. The van der Waals surface area contributed by atoms with Crippen molar-refractivity contribution in [3.8, 4) is 0 Å². The van der Waals surface area contributed by atoms with Gasteiger partial charge >= 0.3 is 0 Å². The average molecular weight is 458 g/mol. The summed E-state index contributed by atoms with van der Waals surface area (Å²) < 4.78 is 0. The third kappa shape index (κ3) is 3.77. The summed E-state index contributed by atoms with van der Waals surface area (Å²) in [7, 11) is 0. The van der Waals surface area contributed by atoms with Gasteiger partial charge in [0.25, 0.3) is 0 Å². The van der Waals surface area contributed by atoms with Gasteiger partial charge in [0.1, 0.15) is 0 Å². The number of rotatable bonds is 1. The first kappa shape index (κ1) is 20.0. The monoisotopic (exact) mass is 457 g/mol. The number of fused-ring (bicyclic) bond motifs is 4. The van der Waals surface area contributed by atoms with Crippen LogP contribution in [0.2, 0.25) is 0 Å². The van der Waals surface area contributed by atoms with Crippen LogP contribution >= 0.6 is 0 Å². The maximum Gasteiger partial charge on any atom is 0.0738 e. The fourth-order valence-electron chi connectivity index (χ4n) is 3.86. The zero-order valence-electron chi connectivity index (χ0n) is 16.8. The van der Waals surface area contributed by atoms with Gasteiger partial charge < -0.3 is 5.73 Å². The van der Waals surface area contributed by atoms with Crippen LogP contribution in [0.15, 0.2) is 134 Å². The minimum Gasteiger partial charge on any atom is -0.398 e. The minimum atomic E-state index is 0. The van der Waals surface area contributed by atoms with E-state index in [2.05, 4.69) is 9.98 Å². The molecule has 0 unspecified atom stereocenters. The van der Waals surface area contributed by atoms with Crippen molar-refractivity contribution in [3.63, 3.8) is 0 Å². The van der Waals surface area contributed by atoms with Crippen LogP contribution in [0.1, 0.15) is 5.56 Å². The Morgan fingerprint density at radius 1 is 0.531 bits per heavy atom. The van der Waals surface area contributed by atoms with Crippen molar-refractivity contribution < 1.29 is 16.5 Å². The van der Waals surface area contributed by atoms with Crippen LogP contribution in [-0.2, 0) is 16.5 Å². The molecule has 156 valence electrons. The molecule has 0 spiro atoms. The number of hydrogen-bond donors (Lipinski definition) is 1. The third-order valence-corrected chi connectivity index (χ3v) is 5.29. The molecule has 6 heteroatoms. The van der Waals surface area contributed by atoms with E-state index < -0.39 is 0 Å². The zero-order valence-corrected chi connectivity index (χ0v) is 17.8. The van der Waals surface area contributed by atoms with Crippen LogP contribution < -0.4 is 5.73 Å². The standard InChI is InChI=1S/C26H17N5.Ni/c27-25-4-2-1-3-23(25)24-14-22-13-20-8-7-18(29-20)11-16-5-6-17(28-16)12-19-9-10-21(30-19)15-26(24)31-22;/h1-15H,27H2;. The minimum absolute atomic E-state index is 0. The van der Waals surface area contributed by atoms with Crippen molar-refractivity contribution in [2.75, 3.05) is 5.73 Å². The van der Waals surface area contributed by atoms with Crippen molar-refractivity contribution in [2.45, 2.75) is 0 Å². The number of allylic oxidation sites excluding steroid dienone is 12. The molecule has 0 aromatic heterocycles. The van der Waals surface area contributed by atoms with Crippen LogP contribution in [0.5, 0.6) is 0 Å². The summed E-state index contributed by atoms with van der Waals surface area (Å²) in [5.41, 5.74) is 15.7. The van der Waals surface area contributed by atoms with E-state index in [0.717, 1.165) is 56.8 Å². The Kier molecular flexibility index (Phi) is 5.00. The van der Waals surface area contributed by atoms with Crippen LogP contribution in [0.25, 0.3) is 5.57 Å². The zero-order chi connectivity index (χ0) is 20.8. The average Bonchev–Trinajstić information content (AvgIpc) is 3.53. The molecular formula is C26H17N5Ni. The molecule has 5 heterocycles. The first-order valence-corrected chi connectivity index (χ1v) is 10.0. The predicted octanol–water partition coefficient (Wildman–Crippen LogP) is 4.69. The second-order valence-corrected chi connectivity index (χ2v) is 7.53. The Morgan fingerprint density at radius 3 is 1.66 bits per heavy atom. The molecule has 0 saturated heterocycles. The van der Waals surface area contributed by atoms with Gasteiger partial charge in [-0.2, -0.15) is 0 Å². The van der Waals surface area contributed by atoms with Crippen molar-refractivity contribution in [3.05, 3.63) is 119 Å². The number of anilines is 1. The Bertz CT molecular complexity index is 1420. The van der Waals surface area contributed by atoms with Gasteiger partial charge in [0.2, 0.25) is 0 Å². The molecule has 6 rings (SSSR count). The SMILES string of the molecule is Nc1ccccc1C1=CC2=NC1=CC1=NC(=CC3=NC(=CC4=NC(=C2)C=C4)C=C3)C=C1.[Ni]. The van der Waals surface area contributed by atoms with E-state index in [-0.39, 0.29) is 16.5 Å².